The van der Waals surface area contributed by atoms with Gasteiger partial charge in [0, 0.05) is 16.6 Å². The third-order valence-electron chi connectivity index (χ3n) is 6.85. The highest BCUT2D eigenvalue weighted by Crippen LogP contribution is 2.44. The number of fused-ring (bicyclic) bond motifs is 2. The fourth-order valence-corrected chi connectivity index (χ4v) is 5.61. The lowest BCUT2D eigenvalue weighted by Crippen LogP contribution is -2.38. The molecule has 3 atom stereocenters. The molecule has 0 aliphatic heterocycles. The summed E-state index contributed by atoms with van der Waals surface area (Å²) in [5, 5.41) is 9.57. The first-order chi connectivity index (χ1) is 15.4. The van der Waals surface area contributed by atoms with Crippen molar-refractivity contribution < 1.29 is 4.79 Å². The predicted octanol–water partition coefficient (Wildman–Crippen LogP) is 6.79. The Kier molecular flexibility index (Phi) is 5.96. The molecule has 4 nitrogen and oxygen atoms in total. The van der Waals surface area contributed by atoms with E-state index in [1.54, 1.807) is 12.1 Å². The van der Waals surface area contributed by atoms with E-state index in [1.165, 1.54) is 19.3 Å². The Balaban J connectivity index is 1.47. The quantitative estimate of drug-likeness (QED) is 0.430. The van der Waals surface area contributed by atoms with Gasteiger partial charge in [0.2, 0.25) is 0 Å². The molecule has 2 aliphatic rings. The van der Waals surface area contributed by atoms with Gasteiger partial charge in [-0.25, -0.2) is 0 Å². The summed E-state index contributed by atoms with van der Waals surface area (Å²) in [5.74, 6) is 1.25. The Hall–Kier alpha value is -2.01. The normalized spacial score (nSPS) is 21.8. The van der Waals surface area contributed by atoms with Crippen LogP contribution >= 0.6 is 34.8 Å². The first-order valence-corrected chi connectivity index (χ1v) is 12.1. The number of aromatic nitrogens is 2. The van der Waals surface area contributed by atoms with Gasteiger partial charge >= 0.3 is 0 Å². The second-order valence-corrected chi connectivity index (χ2v) is 10.3. The summed E-state index contributed by atoms with van der Waals surface area (Å²) in [6.07, 6.45) is 4.83. The van der Waals surface area contributed by atoms with Crippen molar-refractivity contribution >= 4 is 40.7 Å². The molecular formula is C25H24Cl3N3O. The van der Waals surface area contributed by atoms with Crippen LogP contribution in [0.2, 0.25) is 15.1 Å². The van der Waals surface area contributed by atoms with E-state index in [9.17, 15) is 4.79 Å². The fourth-order valence-electron chi connectivity index (χ4n) is 5.11. The van der Waals surface area contributed by atoms with Crippen molar-refractivity contribution in [1.82, 2.24) is 15.1 Å². The van der Waals surface area contributed by atoms with E-state index in [0.717, 1.165) is 34.7 Å². The first kappa shape index (κ1) is 21.8. The maximum Gasteiger partial charge on any atom is 0.272 e. The Bertz CT molecular complexity index is 1190. The lowest BCUT2D eigenvalue weighted by Gasteiger charge is -2.22. The van der Waals surface area contributed by atoms with Crippen molar-refractivity contribution in [3.05, 3.63) is 74.4 Å². The third-order valence-corrected chi connectivity index (χ3v) is 8.00. The van der Waals surface area contributed by atoms with Gasteiger partial charge in [-0.05, 0) is 73.4 Å². The number of hydrogen-bond donors (Lipinski definition) is 1. The van der Waals surface area contributed by atoms with Gasteiger partial charge in [-0.3, -0.25) is 9.48 Å². The molecule has 166 valence electrons. The number of rotatable bonds is 5. The van der Waals surface area contributed by atoms with Crippen LogP contribution in [0.5, 0.6) is 0 Å². The van der Waals surface area contributed by atoms with Gasteiger partial charge in [-0.2, -0.15) is 5.10 Å². The van der Waals surface area contributed by atoms with Crippen LogP contribution in [0.3, 0.4) is 0 Å². The third kappa shape index (κ3) is 4.28. The number of nitrogens with one attached hydrogen (secondary N) is 1. The molecule has 5 rings (SSSR count). The van der Waals surface area contributed by atoms with E-state index in [4.69, 9.17) is 34.8 Å². The highest BCUT2D eigenvalue weighted by Gasteiger charge is 2.40. The van der Waals surface area contributed by atoms with Gasteiger partial charge < -0.3 is 5.32 Å². The second-order valence-electron chi connectivity index (χ2n) is 9.04. The molecule has 2 saturated carbocycles. The monoisotopic (exact) mass is 487 g/mol. The molecule has 2 fully saturated rings. The molecule has 2 bridgehead atoms. The minimum atomic E-state index is -0.121. The SMILES string of the molecule is Cc1ccc(Cn2nc(C(=O)NC3CC4CCC3C4)cc2-c2ccc(Cl)c(Cl)c2)cc1Cl. The van der Waals surface area contributed by atoms with Gasteiger partial charge in [0.15, 0.2) is 5.69 Å². The van der Waals surface area contributed by atoms with Crippen LogP contribution in [0.4, 0.5) is 0 Å². The molecule has 32 heavy (non-hydrogen) atoms. The van der Waals surface area contributed by atoms with Crippen LogP contribution in [0, 0.1) is 18.8 Å². The molecule has 1 aromatic heterocycles. The van der Waals surface area contributed by atoms with Gasteiger partial charge in [-0.15, -0.1) is 0 Å². The summed E-state index contributed by atoms with van der Waals surface area (Å²) in [6.45, 7) is 2.45. The molecule has 1 N–H and O–H groups in total. The van der Waals surface area contributed by atoms with Gasteiger partial charge in [0.05, 0.1) is 22.3 Å². The topological polar surface area (TPSA) is 46.9 Å². The summed E-state index contributed by atoms with van der Waals surface area (Å²) < 4.78 is 1.83. The zero-order valence-electron chi connectivity index (χ0n) is 17.7. The molecule has 2 aromatic carbocycles. The van der Waals surface area contributed by atoms with Crippen molar-refractivity contribution in [3.8, 4) is 11.3 Å². The van der Waals surface area contributed by atoms with E-state index < -0.39 is 0 Å². The minimum Gasteiger partial charge on any atom is -0.348 e. The van der Waals surface area contributed by atoms with E-state index in [0.29, 0.717) is 33.2 Å². The Morgan fingerprint density at radius 2 is 1.88 bits per heavy atom. The maximum atomic E-state index is 13.1. The number of carbonyl (C=O) groups is 1. The van der Waals surface area contributed by atoms with Crippen molar-refractivity contribution in [1.29, 1.82) is 0 Å². The van der Waals surface area contributed by atoms with Crippen LogP contribution in [0.25, 0.3) is 11.3 Å². The van der Waals surface area contributed by atoms with Gasteiger partial charge in [0.1, 0.15) is 0 Å². The van der Waals surface area contributed by atoms with Crippen LogP contribution in [0.1, 0.15) is 47.3 Å². The number of benzene rings is 2. The Labute approximate surface area is 202 Å². The molecule has 0 spiro atoms. The van der Waals surface area contributed by atoms with Gasteiger partial charge in [-0.1, -0.05) is 59.4 Å². The Morgan fingerprint density at radius 3 is 2.56 bits per heavy atom. The molecule has 3 unspecified atom stereocenters. The number of carbonyl (C=O) groups excluding carboxylic acids is 1. The number of halogens is 3. The van der Waals surface area contributed by atoms with Crippen LogP contribution in [-0.4, -0.2) is 21.7 Å². The van der Waals surface area contributed by atoms with E-state index in [1.807, 2.05) is 41.9 Å². The molecule has 7 heteroatoms. The summed E-state index contributed by atoms with van der Waals surface area (Å²) in [5.41, 5.74) is 4.09. The van der Waals surface area contributed by atoms with Gasteiger partial charge in [0.25, 0.3) is 5.91 Å². The van der Waals surface area contributed by atoms with E-state index in [-0.39, 0.29) is 11.9 Å². The number of amides is 1. The molecule has 2 aliphatic carbocycles. The average molecular weight is 489 g/mol. The molecule has 1 amide bonds. The molecule has 0 radical (unpaired) electrons. The number of nitrogens with zero attached hydrogens (tertiary/aromatic N) is 2. The van der Waals surface area contributed by atoms with E-state index >= 15 is 0 Å². The number of hydrogen-bond acceptors (Lipinski definition) is 2. The highest BCUT2D eigenvalue weighted by atomic mass is 35.5. The minimum absolute atomic E-state index is 0.121. The lowest BCUT2D eigenvalue weighted by atomic mass is 9.95. The average Bonchev–Trinajstić information content (AvgIpc) is 3.49. The zero-order chi connectivity index (χ0) is 22.4. The molecule has 3 aromatic rings. The fraction of sp³-hybridized carbons (Fsp3) is 0.360. The summed E-state index contributed by atoms with van der Waals surface area (Å²) in [4.78, 5) is 13.1. The largest absolute Gasteiger partial charge is 0.348 e. The second kappa shape index (κ2) is 8.74. The van der Waals surface area contributed by atoms with Crippen molar-refractivity contribution in [2.75, 3.05) is 0 Å². The van der Waals surface area contributed by atoms with Crippen molar-refractivity contribution in [2.45, 2.75) is 45.2 Å². The zero-order valence-corrected chi connectivity index (χ0v) is 20.0. The highest BCUT2D eigenvalue weighted by molar-refractivity contribution is 6.42. The van der Waals surface area contributed by atoms with Crippen molar-refractivity contribution in [2.24, 2.45) is 11.8 Å². The Morgan fingerprint density at radius 1 is 1.03 bits per heavy atom. The maximum absolute atomic E-state index is 13.1. The standard InChI is InChI=1S/C25H24Cl3N3O/c1-14-2-3-16(9-20(14)27)13-31-24(18-6-7-19(26)21(28)11-18)12-23(30-31)25(32)29-22-10-15-4-5-17(22)8-15/h2-3,6-7,9,11-12,15,17,22H,4-5,8,10,13H2,1H3,(H,29,32). The first-order valence-electron chi connectivity index (χ1n) is 11.0. The smallest absolute Gasteiger partial charge is 0.272 e. The summed E-state index contributed by atoms with van der Waals surface area (Å²) in [7, 11) is 0. The van der Waals surface area contributed by atoms with E-state index in [2.05, 4.69) is 10.4 Å². The summed E-state index contributed by atoms with van der Waals surface area (Å²) >= 11 is 18.7. The lowest BCUT2D eigenvalue weighted by molar-refractivity contribution is 0.0917. The predicted molar refractivity (Wildman–Crippen MR) is 130 cm³/mol. The number of aryl methyl sites for hydroxylation is 1. The van der Waals surface area contributed by atoms with Crippen LogP contribution in [-0.2, 0) is 6.54 Å². The van der Waals surface area contributed by atoms with Crippen molar-refractivity contribution in [3.63, 3.8) is 0 Å². The molecule has 0 saturated heterocycles. The molecular weight excluding hydrogens is 465 g/mol. The van der Waals surface area contributed by atoms with Crippen LogP contribution in [0.15, 0.2) is 42.5 Å². The van der Waals surface area contributed by atoms with Crippen LogP contribution < -0.4 is 5.32 Å². The molecule has 1 heterocycles. The summed E-state index contributed by atoms with van der Waals surface area (Å²) in [6, 6.07) is 13.5.